The third-order valence-corrected chi connectivity index (χ3v) is 6.97. The highest BCUT2D eigenvalue weighted by Gasteiger charge is 2.27. The Morgan fingerprint density at radius 3 is 1.97 bits per heavy atom. The van der Waals surface area contributed by atoms with Crippen molar-refractivity contribution in [3.05, 3.63) is 90.0 Å². The first-order valence-electron chi connectivity index (χ1n) is 10.5. The van der Waals surface area contributed by atoms with E-state index in [-0.39, 0.29) is 17.3 Å². The second kappa shape index (κ2) is 10.3. The molecule has 0 atom stereocenters. The first kappa shape index (κ1) is 23.3. The van der Waals surface area contributed by atoms with Crippen LogP contribution in [0.3, 0.4) is 0 Å². The zero-order chi connectivity index (χ0) is 23.1. The number of anilines is 2. The lowest BCUT2D eigenvalue weighted by Gasteiger charge is -2.25. The van der Waals surface area contributed by atoms with Crippen molar-refractivity contribution in [3.63, 3.8) is 0 Å². The maximum absolute atomic E-state index is 13.4. The van der Waals surface area contributed by atoms with Crippen molar-refractivity contribution in [2.45, 2.75) is 18.7 Å². The van der Waals surface area contributed by atoms with Crippen LogP contribution in [0.4, 0.5) is 11.4 Å². The molecule has 7 heteroatoms. The highest BCUT2D eigenvalue weighted by molar-refractivity contribution is 7.92. The summed E-state index contributed by atoms with van der Waals surface area (Å²) in [6.07, 6.45) is 0. The Hall–Kier alpha value is -3.32. The summed E-state index contributed by atoms with van der Waals surface area (Å²) in [6, 6.07) is 23.6. The molecule has 0 fully saturated rings. The Morgan fingerprint density at radius 1 is 0.812 bits per heavy atom. The van der Waals surface area contributed by atoms with Crippen molar-refractivity contribution in [1.29, 1.82) is 0 Å². The van der Waals surface area contributed by atoms with Gasteiger partial charge in [0.2, 0.25) is 5.91 Å². The maximum atomic E-state index is 13.4. The van der Waals surface area contributed by atoms with Crippen molar-refractivity contribution >= 4 is 27.3 Å². The lowest BCUT2D eigenvalue weighted by Crippen LogP contribution is -2.42. The molecule has 3 aromatic carbocycles. The van der Waals surface area contributed by atoms with E-state index in [1.54, 1.807) is 36.4 Å². The van der Waals surface area contributed by atoms with E-state index in [1.807, 2.05) is 68.3 Å². The molecule has 0 aliphatic carbocycles. The first-order chi connectivity index (χ1) is 15.3. The monoisotopic (exact) mass is 451 g/mol. The van der Waals surface area contributed by atoms with Gasteiger partial charge in [0.25, 0.3) is 10.0 Å². The Morgan fingerprint density at radius 2 is 1.38 bits per heavy atom. The fourth-order valence-corrected chi connectivity index (χ4v) is 4.65. The second-order valence-electron chi connectivity index (χ2n) is 7.77. The fourth-order valence-electron chi connectivity index (χ4n) is 3.22. The number of para-hydroxylation sites is 1. The topological polar surface area (TPSA) is 69.7 Å². The first-order valence-corrected chi connectivity index (χ1v) is 11.9. The Balaban J connectivity index is 1.73. The molecule has 1 amide bonds. The van der Waals surface area contributed by atoms with Crippen LogP contribution in [0.2, 0.25) is 0 Å². The van der Waals surface area contributed by atoms with Crippen LogP contribution in [-0.2, 0) is 14.8 Å². The van der Waals surface area contributed by atoms with Gasteiger partial charge in [-0.25, -0.2) is 8.42 Å². The highest BCUT2D eigenvalue weighted by atomic mass is 32.2. The van der Waals surface area contributed by atoms with E-state index in [0.717, 1.165) is 21.1 Å². The average Bonchev–Trinajstić information content (AvgIpc) is 2.79. The van der Waals surface area contributed by atoms with Gasteiger partial charge in [-0.15, -0.1) is 0 Å². The molecule has 0 saturated carbocycles. The number of benzene rings is 3. The summed E-state index contributed by atoms with van der Waals surface area (Å²) in [6.45, 7) is 4.53. The zero-order valence-corrected chi connectivity index (χ0v) is 19.5. The van der Waals surface area contributed by atoms with Gasteiger partial charge in [-0.1, -0.05) is 53.6 Å². The van der Waals surface area contributed by atoms with Crippen molar-refractivity contribution in [3.8, 4) is 0 Å². The van der Waals surface area contributed by atoms with Gasteiger partial charge in [-0.05, 0) is 50.2 Å². The predicted octanol–water partition coefficient (Wildman–Crippen LogP) is 3.75. The van der Waals surface area contributed by atoms with Crippen LogP contribution in [0.25, 0.3) is 0 Å². The molecule has 0 radical (unpaired) electrons. The number of nitrogens with zero attached hydrogens (tertiary/aromatic N) is 2. The molecule has 0 spiro atoms. The van der Waals surface area contributed by atoms with Crippen molar-refractivity contribution in [2.75, 3.05) is 35.9 Å². The van der Waals surface area contributed by atoms with Crippen LogP contribution >= 0.6 is 0 Å². The minimum atomic E-state index is -3.90. The maximum Gasteiger partial charge on any atom is 0.264 e. The summed E-state index contributed by atoms with van der Waals surface area (Å²) < 4.78 is 27.9. The molecule has 0 aromatic heterocycles. The molecule has 0 bridgehead atoms. The predicted molar refractivity (Wildman–Crippen MR) is 130 cm³/mol. The number of rotatable bonds is 9. The Bertz CT molecular complexity index is 1130. The number of likely N-dealkylation sites (N-methyl/N-ethyl adjacent to an activating group) is 1. The van der Waals surface area contributed by atoms with E-state index in [0.29, 0.717) is 18.8 Å². The number of hydrogen-bond donors (Lipinski definition) is 1. The summed E-state index contributed by atoms with van der Waals surface area (Å²) in [7, 11) is -1.95. The van der Waals surface area contributed by atoms with Crippen LogP contribution < -0.4 is 14.5 Å². The number of carbonyl (C=O) groups excluding carboxylic acids is 1. The SMILES string of the molecule is Cc1ccc(N(CC(=O)NCCN(C)c2ccccc2)S(=O)(=O)c2ccc(C)cc2)cc1. The van der Waals surface area contributed by atoms with E-state index >= 15 is 0 Å². The van der Waals surface area contributed by atoms with Crippen LogP contribution in [0, 0.1) is 13.8 Å². The van der Waals surface area contributed by atoms with Gasteiger partial charge in [0, 0.05) is 25.8 Å². The van der Waals surface area contributed by atoms with E-state index < -0.39 is 10.0 Å². The molecule has 0 aliphatic heterocycles. The largest absolute Gasteiger partial charge is 0.373 e. The molecule has 6 nitrogen and oxygen atoms in total. The van der Waals surface area contributed by atoms with E-state index in [1.165, 1.54) is 0 Å². The smallest absolute Gasteiger partial charge is 0.264 e. The summed E-state index contributed by atoms with van der Waals surface area (Å²) in [5.74, 6) is -0.359. The molecule has 32 heavy (non-hydrogen) atoms. The number of carbonyl (C=O) groups is 1. The molecule has 3 aromatic rings. The zero-order valence-electron chi connectivity index (χ0n) is 18.7. The number of hydrogen-bond acceptors (Lipinski definition) is 4. The van der Waals surface area contributed by atoms with Gasteiger partial charge in [0.1, 0.15) is 6.54 Å². The van der Waals surface area contributed by atoms with Gasteiger partial charge in [0.15, 0.2) is 0 Å². The van der Waals surface area contributed by atoms with Crippen molar-refractivity contribution < 1.29 is 13.2 Å². The summed E-state index contributed by atoms with van der Waals surface area (Å²) in [5.41, 5.74) is 3.47. The van der Waals surface area contributed by atoms with E-state index in [2.05, 4.69) is 5.32 Å². The Labute approximate surface area is 190 Å². The second-order valence-corrected chi connectivity index (χ2v) is 9.63. The van der Waals surface area contributed by atoms with Gasteiger partial charge < -0.3 is 10.2 Å². The highest BCUT2D eigenvalue weighted by Crippen LogP contribution is 2.24. The summed E-state index contributed by atoms with van der Waals surface area (Å²) in [5, 5.41) is 2.84. The van der Waals surface area contributed by atoms with E-state index in [4.69, 9.17) is 0 Å². The standard InChI is InChI=1S/C25H29N3O3S/c1-20-9-13-23(14-10-20)28(32(30,31)24-15-11-21(2)12-16-24)19-25(29)26-17-18-27(3)22-7-5-4-6-8-22/h4-16H,17-19H2,1-3H3,(H,26,29). The minimum absolute atomic E-state index is 0.153. The van der Waals surface area contributed by atoms with Crippen LogP contribution in [0.1, 0.15) is 11.1 Å². The van der Waals surface area contributed by atoms with Crippen LogP contribution in [-0.4, -0.2) is 41.0 Å². The minimum Gasteiger partial charge on any atom is -0.373 e. The third-order valence-electron chi connectivity index (χ3n) is 5.18. The summed E-state index contributed by atoms with van der Waals surface area (Å²) in [4.78, 5) is 14.9. The van der Waals surface area contributed by atoms with Crippen LogP contribution in [0.5, 0.6) is 0 Å². The van der Waals surface area contributed by atoms with Gasteiger partial charge in [-0.3, -0.25) is 9.10 Å². The molecule has 0 heterocycles. The van der Waals surface area contributed by atoms with Gasteiger partial charge in [-0.2, -0.15) is 0 Å². The molecule has 168 valence electrons. The van der Waals surface area contributed by atoms with Crippen molar-refractivity contribution in [1.82, 2.24) is 5.32 Å². The van der Waals surface area contributed by atoms with Gasteiger partial charge >= 0.3 is 0 Å². The number of nitrogens with one attached hydrogen (secondary N) is 1. The quantitative estimate of drug-likeness (QED) is 0.538. The van der Waals surface area contributed by atoms with Gasteiger partial charge in [0.05, 0.1) is 10.6 Å². The molecule has 1 N–H and O–H groups in total. The lowest BCUT2D eigenvalue weighted by atomic mass is 10.2. The number of amides is 1. The molecule has 0 unspecified atom stereocenters. The van der Waals surface area contributed by atoms with E-state index in [9.17, 15) is 13.2 Å². The lowest BCUT2D eigenvalue weighted by molar-refractivity contribution is -0.119. The number of sulfonamides is 1. The van der Waals surface area contributed by atoms with Crippen molar-refractivity contribution in [2.24, 2.45) is 0 Å². The fraction of sp³-hybridized carbons (Fsp3) is 0.240. The molecular weight excluding hydrogens is 422 g/mol. The molecule has 0 aliphatic rings. The van der Waals surface area contributed by atoms with Crippen LogP contribution in [0.15, 0.2) is 83.8 Å². The molecular formula is C25H29N3O3S. The number of aryl methyl sites for hydroxylation is 2. The molecule has 3 rings (SSSR count). The summed E-state index contributed by atoms with van der Waals surface area (Å²) >= 11 is 0. The Kier molecular flexibility index (Phi) is 7.53. The normalized spacial score (nSPS) is 11.1. The molecule has 0 saturated heterocycles. The third kappa shape index (κ3) is 5.88. The average molecular weight is 452 g/mol.